The lowest BCUT2D eigenvalue weighted by Gasteiger charge is -2.20. The van der Waals surface area contributed by atoms with E-state index in [0.29, 0.717) is 6.54 Å². The third-order valence-electron chi connectivity index (χ3n) is 3.18. The molecule has 5 heteroatoms. The first kappa shape index (κ1) is 10.9. The lowest BCUT2D eigenvalue weighted by molar-refractivity contribution is -0.137. The molecule has 0 aromatic heterocycles. The number of carbonyl (C=O) groups excluding carboxylic acids is 2. The van der Waals surface area contributed by atoms with Gasteiger partial charge in [0.25, 0.3) is 0 Å². The summed E-state index contributed by atoms with van der Waals surface area (Å²) < 4.78 is 0. The van der Waals surface area contributed by atoms with Crippen molar-refractivity contribution in [2.24, 2.45) is 5.92 Å². The minimum atomic E-state index is -0.237. The predicted molar refractivity (Wildman–Crippen MR) is 56.1 cm³/mol. The predicted octanol–water partition coefficient (Wildman–Crippen LogP) is -0.0191. The van der Waals surface area contributed by atoms with E-state index in [4.69, 9.17) is 5.26 Å². The molecule has 86 valence electrons. The van der Waals surface area contributed by atoms with Gasteiger partial charge in [-0.05, 0) is 12.8 Å². The average molecular weight is 221 g/mol. The first-order chi connectivity index (χ1) is 7.70. The van der Waals surface area contributed by atoms with Crippen LogP contribution in [0, 0.1) is 17.2 Å². The van der Waals surface area contributed by atoms with Crippen molar-refractivity contribution in [3.05, 3.63) is 0 Å². The highest BCUT2D eigenvalue weighted by molar-refractivity contribution is 5.86. The highest BCUT2D eigenvalue weighted by Crippen LogP contribution is 2.17. The molecule has 0 saturated carbocycles. The zero-order valence-corrected chi connectivity index (χ0v) is 9.19. The summed E-state index contributed by atoms with van der Waals surface area (Å²) in [6, 6.07) is 2.08. The Hall–Kier alpha value is -1.57. The van der Waals surface area contributed by atoms with Gasteiger partial charge >= 0.3 is 0 Å². The van der Waals surface area contributed by atoms with Gasteiger partial charge in [0.1, 0.15) is 0 Å². The molecule has 2 fully saturated rings. The van der Waals surface area contributed by atoms with E-state index in [9.17, 15) is 9.59 Å². The molecule has 0 bridgehead atoms. The fourth-order valence-electron chi connectivity index (χ4n) is 2.24. The summed E-state index contributed by atoms with van der Waals surface area (Å²) in [5.74, 6) is -0.289. The SMILES string of the molecule is N#CC1CC(=O)N(CC(=O)N2CCCC2)C1. The number of rotatable bonds is 2. The number of amides is 2. The first-order valence-electron chi connectivity index (χ1n) is 5.66. The Kier molecular flexibility index (Phi) is 3.09. The van der Waals surface area contributed by atoms with Gasteiger partial charge in [-0.1, -0.05) is 0 Å². The van der Waals surface area contributed by atoms with Crippen LogP contribution in [0.25, 0.3) is 0 Å². The van der Waals surface area contributed by atoms with E-state index in [2.05, 4.69) is 6.07 Å². The largest absolute Gasteiger partial charge is 0.341 e. The minimum absolute atomic E-state index is 0.0180. The van der Waals surface area contributed by atoms with Gasteiger partial charge in [0.2, 0.25) is 11.8 Å². The molecule has 0 aromatic carbocycles. The van der Waals surface area contributed by atoms with Crippen LogP contribution in [0.4, 0.5) is 0 Å². The Labute approximate surface area is 94.6 Å². The van der Waals surface area contributed by atoms with Crippen LogP contribution in [0.3, 0.4) is 0 Å². The van der Waals surface area contributed by atoms with E-state index in [0.717, 1.165) is 25.9 Å². The monoisotopic (exact) mass is 221 g/mol. The normalized spacial score (nSPS) is 24.9. The molecule has 2 aliphatic heterocycles. The summed E-state index contributed by atoms with van der Waals surface area (Å²) in [6.07, 6.45) is 2.38. The molecule has 0 aromatic rings. The second-order valence-electron chi connectivity index (χ2n) is 4.39. The molecule has 2 saturated heterocycles. The van der Waals surface area contributed by atoms with E-state index in [1.54, 1.807) is 4.90 Å². The molecule has 0 radical (unpaired) electrons. The van der Waals surface area contributed by atoms with Crippen molar-refractivity contribution in [3.63, 3.8) is 0 Å². The topological polar surface area (TPSA) is 64.4 Å². The molecule has 0 spiro atoms. The molecular formula is C11H15N3O2. The number of carbonyl (C=O) groups is 2. The zero-order chi connectivity index (χ0) is 11.5. The van der Waals surface area contributed by atoms with Crippen molar-refractivity contribution in [2.75, 3.05) is 26.2 Å². The Morgan fingerprint density at radius 2 is 2.12 bits per heavy atom. The van der Waals surface area contributed by atoms with Crippen molar-refractivity contribution in [1.29, 1.82) is 5.26 Å². The van der Waals surface area contributed by atoms with Gasteiger partial charge in [-0.15, -0.1) is 0 Å². The molecule has 5 nitrogen and oxygen atoms in total. The van der Waals surface area contributed by atoms with E-state index in [1.165, 1.54) is 4.90 Å². The standard InChI is InChI=1S/C11H15N3O2/c12-6-9-5-10(15)14(7-9)8-11(16)13-3-1-2-4-13/h9H,1-5,7-8H2. The number of hydrogen-bond acceptors (Lipinski definition) is 3. The second-order valence-corrected chi connectivity index (χ2v) is 4.39. The highest BCUT2D eigenvalue weighted by atomic mass is 16.2. The van der Waals surface area contributed by atoms with Crippen LogP contribution in [0.5, 0.6) is 0 Å². The molecule has 2 aliphatic rings. The van der Waals surface area contributed by atoms with Crippen LogP contribution in [-0.4, -0.2) is 47.8 Å². The van der Waals surface area contributed by atoms with Gasteiger partial charge in [0.15, 0.2) is 0 Å². The molecule has 2 rings (SSSR count). The summed E-state index contributed by atoms with van der Waals surface area (Å²) in [5.41, 5.74) is 0. The Bertz CT molecular complexity index is 342. The first-order valence-corrected chi connectivity index (χ1v) is 5.66. The van der Waals surface area contributed by atoms with Gasteiger partial charge in [-0.3, -0.25) is 9.59 Å². The van der Waals surface area contributed by atoms with Crippen molar-refractivity contribution in [1.82, 2.24) is 9.80 Å². The van der Waals surface area contributed by atoms with E-state index < -0.39 is 0 Å². The summed E-state index contributed by atoms with van der Waals surface area (Å²) >= 11 is 0. The Morgan fingerprint density at radius 3 is 2.69 bits per heavy atom. The van der Waals surface area contributed by atoms with Gasteiger partial charge in [-0.2, -0.15) is 5.26 Å². The maximum atomic E-state index is 11.8. The van der Waals surface area contributed by atoms with Crippen molar-refractivity contribution in [3.8, 4) is 6.07 Å². The smallest absolute Gasteiger partial charge is 0.242 e. The van der Waals surface area contributed by atoms with Crippen LogP contribution >= 0.6 is 0 Å². The summed E-state index contributed by atoms with van der Waals surface area (Å²) in [5, 5.41) is 8.72. The summed E-state index contributed by atoms with van der Waals surface area (Å²) in [7, 11) is 0. The minimum Gasteiger partial charge on any atom is -0.341 e. The fourth-order valence-corrected chi connectivity index (χ4v) is 2.24. The van der Waals surface area contributed by atoms with Crippen molar-refractivity contribution in [2.45, 2.75) is 19.3 Å². The highest BCUT2D eigenvalue weighted by Gasteiger charge is 2.32. The third kappa shape index (κ3) is 2.16. The van der Waals surface area contributed by atoms with Crippen LogP contribution < -0.4 is 0 Å². The molecule has 16 heavy (non-hydrogen) atoms. The lowest BCUT2D eigenvalue weighted by atomic mass is 10.1. The molecule has 0 N–H and O–H groups in total. The Balaban J connectivity index is 1.88. The van der Waals surface area contributed by atoms with Crippen LogP contribution in [0.2, 0.25) is 0 Å². The molecule has 2 heterocycles. The van der Waals surface area contributed by atoms with Gasteiger partial charge in [0, 0.05) is 26.1 Å². The van der Waals surface area contributed by atoms with Crippen LogP contribution in [0.1, 0.15) is 19.3 Å². The fraction of sp³-hybridized carbons (Fsp3) is 0.727. The number of nitrogens with zero attached hydrogens (tertiary/aromatic N) is 3. The van der Waals surface area contributed by atoms with Gasteiger partial charge in [0.05, 0.1) is 18.5 Å². The van der Waals surface area contributed by atoms with Crippen molar-refractivity contribution >= 4 is 11.8 Å². The molecule has 2 amide bonds. The number of hydrogen-bond donors (Lipinski definition) is 0. The maximum Gasteiger partial charge on any atom is 0.242 e. The van der Waals surface area contributed by atoms with Crippen LogP contribution in [0.15, 0.2) is 0 Å². The van der Waals surface area contributed by atoms with Crippen molar-refractivity contribution < 1.29 is 9.59 Å². The Morgan fingerprint density at radius 1 is 1.44 bits per heavy atom. The molecular weight excluding hydrogens is 206 g/mol. The maximum absolute atomic E-state index is 11.8. The quantitative estimate of drug-likeness (QED) is 0.658. The number of nitriles is 1. The second kappa shape index (κ2) is 4.52. The zero-order valence-electron chi connectivity index (χ0n) is 9.19. The van der Waals surface area contributed by atoms with Gasteiger partial charge < -0.3 is 9.80 Å². The summed E-state index contributed by atoms with van der Waals surface area (Å²) in [4.78, 5) is 26.6. The molecule has 0 aliphatic carbocycles. The number of likely N-dealkylation sites (tertiary alicyclic amines) is 2. The lowest BCUT2D eigenvalue weighted by Crippen LogP contribution is -2.39. The van der Waals surface area contributed by atoms with Crippen LogP contribution in [-0.2, 0) is 9.59 Å². The molecule has 1 unspecified atom stereocenters. The van der Waals surface area contributed by atoms with E-state index in [1.807, 2.05) is 0 Å². The average Bonchev–Trinajstić information content (AvgIpc) is 2.88. The van der Waals surface area contributed by atoms with Gasteiger partial charge in [-0.25, -0.2) is 0 Å². The molecule has 1 atom stereocenters. The van der Waals surface area contributed by atoms with E-state index >= 15 is 0 Å². The third-order valence-corrected chi connectivity index (χ3v) is 3.18. The summed E-state index contributed by atoms with van der Waals surface area (Å²) in [6.45, 7) is 2.18. The van der Waals surface area contributed by atoms with E-state index in [-0.39, 0.29) is 30.7 Å².